The van der Waals surface area contributed by atoms with Gasteiger partial charge in [-0.1, -0.05) is 18.2 Å². The third kappa shape index (κ3) is 4.19. The average molecular weight is 412 g/mol. The van der Waals surface area contributed by atoms with Crippen LogP contribution in [0.25, 0.3) is 11.6 Å². The quantitative estimate of drug-likeness (QED) is 0.693. The topological polar surface area (TPSA) is 59.1 Å². The van der Waals surface area contributed by atoms with Gasteiger partial charge in [-0.3, -0.25) is 9.71 Å². The Morgan fingerprint density at radius 3 is 2.66 bits per heavy atom. The number of rotatable bonds is 3. The first-order chi connectivity index (χ1) is 13.8. The lowest BCUT2D eigenvalue weighted by molar-refractivity contribution is 0.603. The van der Waals surface area contributed by atoms with Gasteiger partial charge < -0.3 is 0 Å². The van der Waals surface area contributed by atoms with Crippen LogP contribution in [0.2, 0.25) is 0 Å². The molecule has 0 spiro atoms. The van der Waals surface area contributed by atoms with Crippen LogP contribution in [0.15, 0.2) is 54.7 Å². The number of aryl methyl sites for hydroxylation is 2. The molecule has 2 aromatic carbocycles. The molecule has 1 heterocycles. The van der Waals surface area contributed by atoms with Crippen molar-refractivity contribution < 1.29 is 17.2 Å². The molecule has 0 saturated carbocycles. The normalized spacial score (nSPS) is 14.8. The van der Waals surface area contributed by atoms with Crippen LogP contribution in [0.4, 0.5) is 14.5 Å². The second-order valence-electron chi connectivity index (χ2n) is 6.97. The summed E-state index contributed by atoms with van der Waals surface area (Å²) in [4.78, 5) is 4.47. The van der Waals surface area contributed by atoms with E-state index < -0.39 is 15.8 Å². The van der Waals surface area contributed by atoms with E-state index in [2.05, 4.69) is 9.71 Å². The van der Waals surface area contributed by atoms with Gasteiger partial charge in [-0.25, -0.2) is 17.2 Å². The van der Waals surface area contributed by atoms with E-state index in [0.717, 1.165) is 34.2 Å². The number of pyridine rings is 1. The van der Waals surface area contributed by atoms with E-state index in [1.807, 2.05) is 18.2 Å². The minimum absolute atomic E-state index is 0.124. The Morgan fingerprint density at radius 2 is 1.86 bits per heavy atom. The van der Waals surface area contributed by atoms with Crippen molar-refractivity contribution in [1.82, 2.24) is 4.98 Å². The molecule has 0 aliphatic heterocycles. The molecule has 3 aromatic rings. The molecule has 148 valence electrons. The van der Waals surface area contributed by atoms with E-state index in [-0.39, 0.29) is 11.5 Å². The van der Waals surface area contributed by atoms with Crippen molar-refractivity contribution in [1.29, 1.82) is 0 Å². The standard InChI is InChI=1S/C22H18F2N2O2S/c1-29(27,28)26-22-12-14(4-8-20(22)24)11-19-17-7-6-16(23)13-15(17)5-9-21-18(19)3-2-10-25-21/h2-4,6-8,10-13,26H,5,9H2,1H3/b19-11+. The highest BCUT2D eigenvalue weighted by molar-refractivity contribution is 7.92. The molecule has 0 bridgehead atoms. The number of nitrogens with one attached hydrogen (secondary N) is 1. The van der Waals surface area contributed by atoms with E-state index in [0.29, 0.717) is 18.4 Å². The first-order valence-electron chi connectivity index (χ1n) is 9.02. The zero-order valence-electron chi connectivity index (χ0n) is 15.6. The second kappa shape index (κ2) is 7.40. The summed E-state index contributed by atoms with van der Waals surface area (Å²) in [6.07, 6.45) is 5.86. The van der Waals surface area contributed by atoms with Gasteiger partial charge in [0, 0.05) is 17.5 Å². The molecule has 4 nitrogen and oxygen atoms in total. The number of halogens is 2. The van der Waals surface area contributed by atoms with E-state index >= 15 is 0 Å². The second-order valence-corrected chi connectivity index (χ2v) is 8.72. The first-order valence-corrected chi connectivity index (χ1v) is 10.9. The highest BCUT2D eigenvalue weighted by Gasteiger charge is 2.19. The highest BCUT2D eigenvalue weighted by Crippen LogP contribution is 2.35. The van der Waals surface area contributed by atoms with Crippen LogP contribution in [0, 0.1) is 11.6 Å². The van der Waals surface area contributed by atoms with E-state index in [1.54, 1.807) is 18.3 Å². The molecular formula is C22H18F2N2O2S. The van der Waals surface area contributed by atoms with Crippen LogP contribution in [-0.4, -0.2) is 19.7 Å². The number of aromatic nitrogens is 1. The molecular weight excluding hydrogens is 394 g/mol. The lowest BCUT2D eigenvalue weighted by atomic mass is 9.93. The number of benzene rings is 2. The molecule has 4 rings (SSSR count). The molecule has 0 saturated heterocycles. The predicted molar refractivity (Wildman–Crippen MR) is 110 cm³/mol. The summed E-state index contributed by atoms with van der Waals surface area (Å²) in [6.45, 7) is 0. The van der Waals surface area contributed by atoms with Gasteiger partial charge in [0.1, 0.15) is 11.6 Å². The van der Waals surface area contributed by atoms with Crippen molar-refractivity contribution >= 4 is 27.4 Å². The molecule has 0 fully saturated rings. The molecule has 1 aliphatic rings. The molecule has 0 radical (unpaired) electrons. The van der Waals surface area contributed by atoms with Gasteiger partial charge in [0.05, 0.1) is 11.9 Å². The molecule has 0 amide bonds. The Bertz CT molecular complexity index is 1240. The Morgan fingerprint density at radius 1 is 1.03 bits per heavy atom. The van der Waals surface area contributed by atoms with Gasteiger partial charge in [-0.2, -0.15) is 0 Å². The van der Waals surface area contributed by atoms with Gasteiger partial charge in [0.25, 0.3) is 0 Å². The maximum Gasteiger partial charge on any atom is 0.229 e. The van der Waals surface area contributed by atoms with E-state index in [9.17, 15) is 17.2 Å². The summed E-state index contributed by atoms with van der Waals surface area (Å²) < 4.78 is 53.1. The highest BCUT2D eigenvalue weighted by atomic mass is 32.2. The zero-order chi connectivity index (χ0) is 20.6. The van der Waals surface area contributed by atoms with Crippen LogP contribution in [0.1, 0.15) is 27.9 Å². The van der Waals surface area contributed by atoms with Crippen LogP contribution in [-0.2, 0) is 22.9 Å². The van der Waals surface area contributed by atoms with Crippen molar-refractivity contribution in [3.63, 3.8) is 0 Å². The van der Waals surface area contributed by atoms with Crippen molar-refractivity contribution in [2.45, 2.75) is 12.8 Å². The molecule has 29 heavy (non-hydrogen) atoms. The number of nitrogens with zero attached hydrogens (tertiary/aromatic N) is 1. The van der Waals surface area contributed by atoms with Gasteiger partial charge >= 0.3 is 0 Å². The number of sulfonamides is 1. The maximum atomic E-state index is 14.1. The number of anilines is 1. The Labute approximate surface area is 168 Å². The Hall–Kier alpha value is -3.06. The van der Waals surface area contributed by atoms with Crippen molar-refractivity contribution in [2.75, 3.05) is 11.0 Å². The summed E-state index contributed by atoms with van der Waals surface area (Å²) >= 11 is 0. The van der Waals surface area contributed by atoms with E-state index in [1.165, 1.54) is 24.3 Å². The predicted octanol–water partition coefficient (Wildman–Crippen LogP) is 4.42. The van der Waals surface area contributed by atoms with Crippen molar-refractivity contribution in [3.8, 4) is 0 Å². The number of fused-ring (bicyclic) bond motifs is 2. The van der Waals surface area contributed by atoms with E-state index in [4.69, 9.17) is 0 Å². The molecule has 1 N–H and O–H groups in total. The number of hydrogen-bond donors (Lipinski definition) is 1. The number of hydrogen-bond acceptors (Lipinski definition) is 3. The Kier molecular flexibility index (Phi) is 4.92. The fraction of sp³-hybridized carbons (Fsp3) is 0.136. The van der Waals surface area contributed by atoms with Crippen LogP contribution < -0.4 is 4.72 Å². The molecule has 7 heteroatoms. The molecule has 1 aliphatic carbocycles. The minimum atomic E-state index is -3.62. The van der Waals surface area contributed by atoms with Gasteiger partial charge in [0.2, 0.25) is 10.0 Å². The third-order valence-electron chi connectivity index (χ3n) is 4.77. The Balaban J connectivity index is 1.90. The largest absolute Gasteiger partial charge is 0.281 e. The fourth-order valence-electron chi connectivity index (χ4n) is 3.55. The monoisotopic (exact) mass is 412 g/mol. The van der Waals surface area contributed by atoms with Crippen LogP contribution in [0.5, 0.6) is 0 Å². The smallest absolute Gasteiger partial charge is 0.229 e. The third-order valence-corrected chi connectivity index (χ3v) is 5.36. The zero-order valence-corrected chi connectivity index (χ0v) is 16.4. The van der Waals surface area contributed by atoms with Crippen molar-refractivity contribution in [3.05, 3.63) is 94.3 Å². The minimum Gasteiger partial charge on any atom is -0.281 e. The average Bonchev–Trinajstić information content (AvgIpc) is 2.81. The summed E-state index contributed by atoms with van der Waals surface area (Å²) in [6, 6.07) is 12.7. The van der Waals surface area contributed by atoms with Crippen molar-refractivity contribution in [2.24, 2.45) is 0 Å². The molecule has 0 atom stereocenters. The summed E-state index contributed by atoms with van der Waals surface area (Å²) in [5.74, 6) is -0.966. The van der Waals surface area contributed by atoms with Gasteiger partial charge in [-0.05, 0) is 71.5 Å². The summed E-state index contributed by atoms with van der Waals surface area (Å²) in [5, 5.41) is 0. The SMILES string of the molecule is CS(=O)(=O)Nc1cc(/C=C2\c3ccc(F)cc3CCc3ncccc32)ccc1F. The molecule has 0 unspecified atom stereocenters. The van der Waals surface area contributed by atoms with Gasteiger partial charge in [0.15, 0.2) is 0 Å². The van der Waals surface area contributed by atoms with Crippen LogP contribution >= 0.6 is 0 Å². The maximum absolute atomic E-state index is 14.1. The summed E-state index contributed by atoms with van der Waals surface area (Å²) in [5.41, 5.74) is 4.87. The van der Waals surface area contributed by atoms with Crippen LogP contribution in [0.3, 0.4) is 0 Å². The first kappa shape index (κ1) is 19.3. The lowest BCUT2D eigenvalue weighted by Gasteiger charge is -2.13. The fourth-order valence-corrected chi connectivity index (χ4v) is 4.10. The summed E-state index contributed by atoms with van der Waals surface area (Å²) in [7, 11) is -3.62. The van der Waals surface area contributed by atoms with Gasteiger partial charge in [-0.15, -0.1) is 0 Å². The lowest BCUT2D eigenvalue weighted by Crippen LogP contribution is -2.11. The molecule has 1 aromatic heterocycles.